The number of nitriles is 1. The van der Waals surface area contributed by atoms with Crippen molar-refractivity contribution >= 4 is 19.7 Å². The molecule has 0 N–H and O–H groups in total. The topological polar surface area (TPSA) is 57.9 Å². The molecule has 0 saturated carbocycles. The predicted molar refractivity (Wildman–Crippen MR) is 53.9 cm³/mol. The van der Waals surface area contributed by atoms with Gasteiger partial charge >= 0.3 is 6.18 Å². The number of hydrogen-bond acceptors (Lipinski definition) is 3. The summed E-state index contributed by atoms with van der Waals surface area (Å²) in [5.41, 5.74) is -1.89. The maximum Gasteiger partial charge on any atom is 0.416 e. The number of rotatable bonds is 1. The lowest BCUT2D eigenvalue weighted by atomic mass is 10.0. The van der Waals surface area contributed by atoms with Crippen LogP contribution in [0.25, 0.3) is 0 Å². The first-order chi connectivity index (χ1) is 7.57. The molecule has 1 aromatic rings. The molecule has 0 atom stereocenters. The number of halogens is 4. The average Bonchev–Trinajstić information content (AvgIpc) is 2.14. The smallest absolute Gasteiger partial charge is 0.207 e. The average molecular weight is 284 g/mol. The van der Waals surface area contributed by atoms with Crippen molar-refractivity contribution in [3.63, 3.8) is 0 Å². The van der Waals surface area contributed by atoms with E-state index in [1.165, 1.54) is 6.07 Å². The number of nitrogens with zero attached hydrogens (tertiary/aromatic N) is 1. The second-order valence-electron chi connectivity index (χ2n) is 3.19. The Morgan fingerprint density at radius 3 is 2.24 bits per heavy atom. The molecule has 0 heterocycles. The Labute approximate surface area is 99.8 Å². The Hall–Kier alpha value is -1.26. The lowest BCUT2D eigenvalue weighted by molar-refractivity contribution is -0.138. The third-order valence-corrected chi connectivity index (χ3v) is 3.42. The van der Waals surface area contributed by atoms with E-state index >= 15 is 0 Å². The highest BCUT2D eigenvalue weighted by Gasteiger charge is 2.34. The summed E-state index contributed by atoms with van der Waals surface area (Å²) in [4.78, 5) is -0.742. The van der Waals surface area contributed by atoms with Crippen LogP contribution in [0.2, 0.25) is 0 Å². The van der Waals surface area contributed by atoms with Crippen LogP contribution in [0.5, 0.6) is 0 Å². The molecule has 0 aliphatic carbocycles. The fourth-order valence-corrected chi connectivity index (χ4v) is 2.02. The van der Waals surface area contributed by atoms with E-state index in [0.717, 1.165) is 13.0 Å². The van der Waals surface area contributed by atoms with Crippen LogP contribution >= 0.6 is 10.7 Å². The molecule has 0 bridgehead atoms. The minimum Gasteiger partial charge on any atom is -0.207 e. The number of hydrogen-bond donors (Lipinski definition) is 0. The van der Waals surface area contributed by atoms with Gasteiger partial charge in [0.05, 0.1) is 22.1 Å². The van der Waals surface area contributed by atoms with Crippen molar-refractivity contribution in [3.8, 4) is 6.07 Å². The van der Waals surface area contributed by atoms with Gasteiger partial charge in [0.1, 0.15) is 0 Å². The molecule has 0 spiro atoms. The summed E-state index contributed by atoms with van der Waals surface area (Å²) in [6, 6.07) is 2.72. The molecule has 0 aromatic heterocycles. The van der Waals surface area contributed by atoms with E-state index in [4.69, 9.17) is 15.9 Å². The van der Waals surface area contributed by atoms with E-state index in [-0.39, 0.29) is 11.1 Å². The molecule has 17 heavy (non-hydrogen) atoms. The van der Waals surface area contributed by atoms with Gasteiger partial charge in [0.25, 0.3) is 9.05 Å². The first-order valence-corrected chi connectivity index (χ1v) is 6.45. The Morgan fingerprint density at radius 1 is 1.35 bits per heavy atom. The van der Waals surface area contributed by atoms with E-state index in [1.807, 2.05) is 0 Å². The number of benzene rings is 1. The van der Waals surface area contributed by atoms with Gasteiger partial charge in [-0.2, -0.15) is 18.4 Å². The van der Waals surface area contributed by atoms with Gasteiger partial charge < -0.3 is 0 Å². The zero-order chi connectivity index (χ0) is 13.4. The van der Waals surface area contributed by atoms with Crippen LogP contribution in [0.4, 0.5) is 13.2 Å². The number of alkyl halides is 3. The predicted octanol–water partition coefficient (Wildman–Crippen LogP) is 2.81. The molecular formula is C9H5ClF3NO2S. The second kappa shape index (κ2) is 4.20. The summed E-state index contributed by atoms with van der Waals surface area (Å²) in [6.07, 6.45) is -4.74. The van der Waals surface area contributed by atoms with Crippen molar-refractivity contribution < 1.29 is 21.6 Å². The van der Waals surface area contributed by atoms with Crippen LogP contribution in [0, 0.1) is 18.3 Å². The van der Waals surface area contributed by atoms with Gasteiger partial charge in [0.2, 0.25) is 0 Å². The van der Waals surface area contributed by atoms with Gasteiger partial charge in [-0.1, -0.05) is 0 Å². The van der Waals surface area contributed by atoms with E-state index < -0.39 is 25.7 Å². The molecule has 92 valence electrons. The molecule has 0 unspecified atom stereocenters. The fourth-order valence-electron chi connectivity index (χ4n) is 1.24. The van der Waals surface area contributed by atoms with Crippen molar-refractivity contribution in [2.75, 3.05) is 0 Å². The molecule has 8 heteroatoms. The summed E-state index contributed by atoms with van der Waals surface area (Å²) in [7, 11) is 0.644. The van der Waals surface area contributed by atoms with Gasteiger partial charge in [-0.25, -0.2) is 8.42 Å². The molecule has 0 radical (unpaired) electrons. The van der Waals surface area contributed by atoms with Gasteiger partial charge in [-0.15, -0.1) is 0 Å². The van der Waals surface area contributed by atoms with Crippen LogP contribution in [-0.4, -0.2) is 8.42 Å². The highest BCUT2D eigenvalue weighted by molar-refractivity contribution is 8.13. The van der Waals surface area contributed by atoms with Crippen LogP contribution in [0.1, 0.15) is 16.7 Å². The van der Waals surface area contributed by atoms with Gasteiger partial charge in [0.15, 0.2) is 0 Å². The highest BCUT2D eigenvalue weighted by atomic mass is 35.7. The van der Waals surface area contributed by atoms with E-state index in [2.05, 4.69) is 0 Å². The van der Waals surface area contributed by atoms with E-state index in [9.17, 15) is 21.6 Å². The zero-order valence-electron chi connectivity index (χ0n) is 8.34. The van der Waals surface area contributed by atoms with Crippen molar-refractivity contribution in [1.82, 2.24) is 0 Å². The normalized spacial score (nSPS) is 12.2. The van der Waals surface area contributed by atoms with Crippen LogP contribution in [0.3, 0.4) is 0 Å². The molecule has 0 aliphatic rings. The first kappa shape index (κ1) is 13.8. The van der Waals surface area contributed by atoms with Crippen molar-refractivity contribution in [3.05, 3.63) is 28.8 Å². The van der Waals surface area contributed by atoms with Crippen molar-refractivity contribution in [2.24, 2.45) is 0 Å². The van der Waals surface area contributed by atoms with E-state index in [1.54, 1.807) is 0 Å². The summed E-state index contributed by atoms with van der Waals surface area (Å²) in [5, 5.41) is 8.64. The monoisotopic (exact) mass is 283 g/mol. The molecule has 1 aromatic carbocycles. The van der Waals surface area contributed by atoms with Gasteiger partial charge in [-0.05, 0) is 24.6 Å². The Balaban J connectivity index is 3.70. The molecule has 3 nitrogen and oxygen atoms in total. The van der Waals surface area contributed by atoms with Crippen LogP contribution in [-0.2, 0) is 15.2 Å². The minimum absolute atomic E-state index is 0.330. The first-order valence-electron chi connectivity index (χ1n) is 4.14. The van der Waals surface area contributed by atoms with Gasteiger partial charge in [-0.3, -0.25) is 0 Å². The third kappa shape index (κ3) is 2.90. The molecule has 0 aliphatic heterocycles. The standard InChI is InChI=1S/C9H5ClF3NO2S/c1-5-6(4-14)2-7(17(10,15)16)3-8(5)9(11,12)13/h2-3H,1H3. The largest absolute Gasteiger partial charge is 0.416 e. The quantitative estimate of drug-likeness (QED) is 0.745. The molecule has 0 amide bonds. The Kier molecular flexibility index (Phi) is 3.41. The van der Waals surface area contributed by atoms with Crippen molar-refractivity contribution in [2.45, 2.75) is 18.0 Å². The fraction of sp³-hybridized carbons (Fsp3) is 0.222. The maximum absolute atomic E-state index is 12.6. The van der Waals surface area contributed by atoms with Crippen LogP contribution < -0.4 is 0 Å². The zero-order valence-corrected chi connectivity index (χ0v) is 9.91. The molecule has 0 saturated heterocycles. The highest BCUT2D eigenvalue weighted by Crippen LogP contribution is 2.35. The second-order valence-corrected chi connectivity index (χ2v) is 5.76. The SMILES string of the molecule is Cc1c(C#N)cc(S(=O)(=O)Cl)cc1C(F)(F)F. The van der Waals surface area contributed by atoms with Gasteiger partial charge in [0, 0.05) is 10.7 Å². The van der Waals surface area contributed by atoms with Crippen LogP contribution in [0.15, 0.2) is 17.0 Å². The molecule has 1 rings (SSSR count). The lowest BCUT2D eigenvalue weighted by Gasteiger charge is -2.12. The van der Waals surface area contributed by atoms with Crippen molar-refractivity contribution in [1.29, 1.82) is 5.26 Å². The van der Waals surface area contributed by atoms with E-state index in [0.29, 0.717) is 6.07 Å². The summed E-state index contributed by atoms with van der Waals surface area (Å²) < 4.78 is 59.7. The Bertz CT molecular complexity index is 602. The summed E-state index contributed by atoms with van der Waals surface area (Å²) in [5.74, 6) is 0. The molecule has 0 fully saturated rings. The summed E-state index contributed by atoms with van der Waals surface area (Å²) in [6.45, 7) is 1.09. The molecular weight excluding hydrogens is 279 g/mol. The lowest BCUT2D eigenvalue weighted by Crippen LogP contribution is -2.10. The minimum atomic E-state index is -4.74. The summed E-state index contributed by atoms with van der Waals surface area (Å²) >= 11 is 0. The third-order valence-electron chi connectivity index (χ3n) is 2.09. The Morgan fingerprint density at radius 2 is 1.88 bits per heavy atom. The maximum atomic E-state index is 12.6.